The van der Waals surface area contributed by atoms with Crippen molar-refractivity contribution >= 4 is 5.91 Å². The number of hydrogen-bond donors (Lipinski definition) is 3. The maximum absolute atomic E-state index is 10.8. The fraction of sp³-hybridized carbons (Fsp3) is 0.857. The number of hydrogen-bond acceptors (Lipinski definition) is 3. The first-order valence-electron chi connectivity index (χ1n) is 3.72. The number of aliphatic hydroxyl groups excluding tert-OH is 2. The molecule has 0 aliphatic carbocycles. The van der Waals surface area contributed by atoms with Gasteiger partial charge < -0.3 is 15.5 Å². The second kappa shape index (κ2) is 6.12. The Morgan fingerprint density at radius 1 is 1.64 bits per heavy atom. The number of rotatable bonds is 5. The molecule has 4 nitrogen and oxygen atoms in total. The average Bonchev–Trinajstić information content (AvgIpc) is 1.97. The minimum atomic E-state index is -0.435. The van der Waals surface area contributed by atoms with E-state index in [1.807, 2.05) is 0 Å². The van der Waals surface area contributed by atoms with E-state index in [9.17, 15) is 4.79 Å². The van der Waals surface area contributed by atoms with E-state index in [4.69, 9.17) is 10.2 Å². The Bertz CT molecular complexity index is 114. The van der Waals surface area contributed by atoms with Gasteiger partial charge in [-0.05, 0) is 13.3 Å². The van der Waals surface area contributed by atoms with Crippen LogP contribution in [0.5, 0.6) is 0 Å². The van der Waals surface area contributed by atoms with Crippen molar-refractivity contribution in [3.63, 3.8) is 0 Å². The van der Waals surface area contributed by atoms with Crippen LogP contribution in [0.1, 0.15) is 19.8 Å². The Balaban J connectivity index is 3.23. The summed E-state index contributed by atoms with van der Waals surface area (Å²) < 4.78 is 0. The molecule has 0 aromatic carbocycles. The summed E-state index contributed by atoms with van der Waals surface area (Å²) >= 11 is 0. The monoisotopic (exact) mass is 161 g/mol. The molecule has 11 heavy (non-hydrogen) atoms. The van der Waals surface area contributed by atoms with Crippen molar-refractivity contribution in [1.29, 1.82) is 0 Å². The van der Waals surface area contributed by atoms with E-state index >= 15 is 0 Å². The van der Waals surface area contributed by atoms with Crippen LogP contribution >= 0.6 is 0 Å². The fourth-order valence-corrected chi connectivity index (χ4v) is 0.624. The summed E-state index contributed by atoms with van der Waals surface area (Å²) in [7, 11) is 0. The number of aliphatic hydroxyl groups is 2. The van der Waals surface area contributed by atoms with Gasteiger partial charge in [-0.15, -0.1) is 0 Å². The number of amides is 1. The summed E-state index contributed by atoms with van der Waals surface area (Å²) in [6.07, 6.45) is 0.351. The van der Waals surface area contributed by atoms with E-state index in [1.165, 1.54) is 0 Å². The largest absolute Gasteiger partial charge is 0.395 e. The molecule has 1 amide bonds. The zero-order valence-corrected chi connectivity index (χ0v) is 6.71. The van der Waals surface area contributed by atoms with E-state index in [2.05, 4.69) is 5.32 Å². The second-order valence-corrected chi connectivity index (χ2v) is 2.46. The highest BCUT2D eigenvalue weighted by molar-refractivity contribution is 5.75. The molecule has 0 rings (SSSR count). The van der Waals surface area contributed by atoms with Crippen molar-refractivity contribution in [3.05, 3.63) is 0 Å². The molecule has 0 heterocycles. The fourth-order valence-electron chi connectivity index (χ4n) is 0.624. The molecule has 1 atom stereocenters. The van der Waals surface area contributed by atoms with Crippen LogP contribution < -0.4 is 5.32 Å². The summed E-state index contributed by atoms with van der Waals surface area (Å²) in [6, 6.07) is 0. The quantitative estimate of drug-likeness (QED) is 0.497. The smallest absolute Gasteiger partial charge is 0.220 e. The van der Waals surface area contributed by atoms with Crippen LogP contribution in [-0.4, -0.2) is 35.4 Å². The maximum atomic E-state index is 10.8. The first kappa shape index (κ1) is 10.4. The van der Waals surface area contributed by atoms with Gasteiger partial charge in [0.25, 0.3) is 0 Å². The molecule has 0 radical (unpaired) electrons. The van der Waals surface area contributed by atoms with Crippen LogP contribution in [-0.2, 0) is 4.79 Å². The van der Waals surface area contributed by atoms with Crippen LogP contribution in [0.3, 0.4) is 0 Å². The standard InChI is InChI=1S/C7H15NO3/c1-6(10)2-3-7(11)8-4-5-9/h6,9-10H,2-5H2,1H3,(H,8,11). The predicted octanol–water partition coefficient (Wildman–Crippen LogP) is -0.744. The predicted molar refractivity (Wildman–Crippen MR) is 41.0 cm³/mol. The second-order valence-electron chi connectivity index (χ2n) is 2.46. The molecular weight excluding hydrogens is 146 g/mol. The van der Waals surface area contributed by atoms with Crippen LogP contribution in [0.25, 0.3) is 0 Å². The lowest BCUT2D eigenvalue weighted by Crippen LogP contribution is -2.26. The van der Waals surface area contributed by atoms with Crippen LogP contribution in [0.2, 0.25) is 0 Å². The van der Waals surface area contributed by atoms with Crippen molar-refractivity contribution in [2.45, 2.75) is 25.9 Å². The van der Waals surface area contributed by atoms with Gasteiger partial charge in [0.05, 0.1) is 12.7 Å². The minimum absolute atomic E-state index is 0.0413. The summed E-state index contributed by atoms with van der Waals surface area (Å²) in [5, 5.41) is 19.6. The Labute approximate surface area is 66.2 Å². The third-order valence-corrected chi connectivity index (χ3v) is 1.22. The molecule has 4 heteroatoms. The lowest BCUT2D eigenvalue weighted by Gasteiger charge is -2.04. The minimum Gasteiger partial charge on any atom is -0.395 e. The zero-order valence-electron chi connectivity index (χ0n) is 6.71. The highest BCUT2D eigenvalue weighted by Gasteiger charge is 2.02. The Morgan fingerprint density at radius 3 is 2.73 bits per heavy atom. The van der Waals surface area contributed by atoms with Gasteiger partial charge >= 0.3 is 0 Å². The van der Waals surface area contributed by atoms with Crippen LogP contribution in [0.4, 0.5) is 0 Å². The van der Waals surface area contributed by atoms with Gasteiger partial charge in [0.2, 0.25) is 5.91 Å². The molecular formula is C7H15NO3. The highest BCUT2D eigenvalue weighted by Crippen LogP contribution is 1.94. The molecule has 3 N–H and O–H groups in total. The molecule has 0 aromatic heterocycles. The SMILES string of the molecule is CC(O)CCC(=O)NCCO. The molecule has 0 bridgehead atoms. The van der Waals surface area contributed by atoms with E-state index < -0.39 is 6.10 Å². The van der Waals surface area contributed by atoms with Gasteiger partial charge in [-0.25, -0.2) is 0 Å². The molecule has 0 saturated carbocycles. The van der Waals surface area contributed by atoms with E-state index in [0.717, 1.165) is 0 Å². The number of nitrogens with one attached hydrogen (secondary N) is 1. The van der Waals surface area contributed by atoms with Crippen molar-refractivity contribution in [2.75, 3.05) is 13.2 Å². The van der Waals surface area contributed by atoms with Crippen molar-refractivity contribution in [3.8, 4) is 0 Å². The summed E-state index contributed by atoms with van der Waals surface area (Å²) in [6.45, 7) is 1.89. The van der Waals surface area contributed by atoms with Crippen molar-refractivity contribution in [1.82, 2.24) is 5.32 Å². The molecule has 0 saturated heterocycles. The molecule has 0 spiro atoms. The van der Waals surface area contributed by atoms with E-state index in [-0.39, 0.29) is 12.5 Å². The van der Waals surface area contributed by atoms with Gasteiger partial charge in [-0.3, -0.25) is 4.79 Å². The Kier molecular flexibility index (Phi) is 5.78. The Morgan fingerprint density at radius 2 is 2.27 bits per heavy atom. The van der Waals surface area contributed by atoms with Crippen LogP contribution in [0, 0.1) is 0 Å². The lowest BCUT2D eigenvalue weighted by molar-refractivity contribution is -0.121. The summed E-state index contributed by atoms with van der Waals surface area (Å²) in [4.78, 5) is 10.8. The normalized spacial score (nSPS) is 12.6. The van der Waals surface area contributed by atoms with E-state index in [0.29, 0.717) is 19.4 Å². The van der Waals surface area contributed by atoms with Crippen LogP contribution in [0.15, 0.2) is 0 Å². The van der Waals surface area contributed by atoms with Gasteiger partial charge in [0.1, 0.15) is 0 Å². The van der Waals surface area contributed by atoms with Gasteiger partial charge in [0.15, 0.2) is 0 Å². The number of carbonyl (C=O) groups excluding carboxylic acids is 1. The van der Waals surface area contributed by atoms with Gasteiger partial charge in [0, 0.05) is 13.0 Å². The summed E-state index contributed by atoms with van der Waals surface area (Å²) in [5.41, 5.74) is 0. The molecule has 0 aromatic rings. The maximum Gasteiger partial charge on any atom is 0.220 e. The first-order chi connectivity index (χ1) is 5.16. The lowest BCUT2D eigenvalue weighted by atomic mass is 10.2. The Hall–Kier alpha value is -0.610. The summed E-state index contributed by atoms with van der Waals surface area (Å²) in [5.74, 6) is -0.125. The van der Waals surface area contributed by atoms with Gasteiger partial charge in [-0.1, -0.05) is 0 Å². The molecule has 0 aliphatic rings. The first-order valence-corrected chi connectivity index (χ1v) is 3.72. The average molecular weight is 161 g/mol. The molecule has 1 unspecified atom stereocenters. The topological polar surface area (TPSA) is 69.6 Å². The number of carbonyl (C=O) groups is 1. The molecule has 0 fully saturated rings. The highest BCUT2D eigenvalue weighted by atomic mass is 16.3. The molecule has 0 aliphatic heterocycles. The van der Waals surface area contributed by atoms with Crippen molar-refractivity contribution in [2.24, 2.45) is 0 Å². The third kappa shape index (κ3) is 7.29. The van der Waals surface area contributed by atoms with Gasteiger partial charge in [-0.2, -0.15) is 0 Å². The zero-order chi connectivity index (χ0) is 8.69. The van der Waals surface area contributed by atoms with E-state index in [1.54, 1.807) is 6.92 Å². The third-order valence-electron chi connectivity index (χ3n) is 1.22. The molecule has 66 valence electrons. The van der Waals surface area contributed by atoms with Crippen molar-refractivity contribution < 1.29 is 15.0 Å².